The normalized spacial score (nSPS) is 15.4. The van der Waals surface area contributed by atoms with Crippen molar-refractivity contribution in [2.45, 2.75) is 52.1 Å². The van der Waals surface area contributed by atoms with E-state index in [0.717, 1.165) is 24.1 Å². The molecule has 2 aromatic rings. The molecule has 0 atom stereocenters. The SMILES string of the molecule is Cc1ccc(C)c(-c2ccc(CN)c(=O)n2C2CCCC2)c1. The van der Waals surface area contributed by atoms with E-state index in [0.29, 0.717) is 18.2 Å². The summed E-state index contributed by atoms with van der Waals surface area (Å²) in [5, 5.41) is 0. The first kappa shape index (κ1) is 15.0. The first-order valence-corrected chi connectivity index (χ1v) is 8.14. The first-order valence-electron chi connectivity index (χ1n) is 8.14. The lowest BCUT2D eigenvalue weighted by Crippen LogP contribution is -2.29. The van der Waals surface area contributed by atoms with E-state index in [9.17, 15) is 4.79 Å². The summed E-state index contributed by atoms with van der Waals surface area (Å²) in [6.07, 6.45) is 4.59. The van der Waals surface area contributed by atoms with Gasteiger partial charge >= 0.3 is 0 Å². The zero-order chi connectivity index (χ0) is 15.7. The van der Waals surface area contributed by atoms with E-state index in [1.807, 2.05) is 10.6 Å². The van der Waals surface area contributed by atoms with E-state index in [-0.39, 0.29) is 5.56 Å². The molecule has 0 saturated heterocycles. The Morgan fingerprint density at radius 1 is 1.14 bits per heavy atom. The van der Waals surface area contributed by atoms with Crippen LogP contribution in [0.1, 0.15) is 48.4 Å². The van der Waals surface area contributed by atoms with Crippen LogP contribution in [0.5, 0.6) is 0 Å². The van der Waals surface area contributed by atoms with Gasteiger partial charge in [0.2, 0.25) is 0 Å². The topological polar surface area (TPSA) is 48.0 Å². The molecule has 116 valence electrons. The largest absolute Gasteiger partial charge is 0.326 e. The Bertz CT molecular complexity index is 740. The van der Waals surface area contributed by atoms with Crippen molar-refractivity contribution in [1.29, 1.82) is 0 Å². The monoisotopic (exact) mass is 296 g/mol. The number of rotatable bonds is 3. The number of hydrogen-bond acceptors (Lipinski definition) is 2. The fraction of sp³-hybridized carbons (Fsp3) is 0.421. The third-order valence-corrected chi connectivity index (χ3v) is 4.77. The standard InChI is InChI=1S/C19H24N2O/c1-13-7-8-14(2)17(11-13)18-10-9-15(12-20)19(22)21(18)16-5-3-4-6-16/h7-11,16H,3-6,12,20H2,1-2H3. The maximum Gasteiger partial charge on any atom is 0.255 e. The van der Waals surface area contributed by atoms with Crippen LogP contribution in [0.15, 0.2) is 35.1 Å². The van der Waals surface area contributed by atoms with Crippen LogP contribution >= 0.6 is 0 Å². The van der Waals surface area contributed by atoms with Gasteiger partial charge in [0.1, 0.15) is 0 Å². The predicted octanol–water partition coefficient (Wildman–Crippen LogP) is 3.71. The summed E-state index contributed by atoms with van der Waals surface area (Å²) < 4.78 is 2.01. The summed E-state index contributed by atoms with van der Waals surface area (Å²) in [7, 11) is 0. The number of aryl methyl sites for hydroxylation is 2. The van der Waals surface area contributed by atoms with Crippen LogP contribution in [0, 0.1) is 13.8 Å². The zero-order valence-corrected chi connectivity index (χ0v) is 13.4. The van der Waals surface area contributed by atoms with E-state index >= 15 is 0 Å². The van der Waals surface area contributed by atoms with Crippen molar-refractivity contribution in [2.24, 2.45) is 5.73 Å². The van der Waals surface area contributed by atoms with Gasteiger partial charge in [0.25, 0.3) is 5.56 Å². The van der Waals surface area contributed by atoms with Crippen molar-refractivity contribution in [3.8, 4) is 11.3 Å². The third-order valence-electron chi connectivity index (χ3n) is 4.77. The van der Waals surface area contributed by atoms with Crippen LogP contribution in [-0.4, -0.2) is 4.57 Å². The summed E-state index contributed by atoms with van der Waals surface area (Å²) in [5.74, 6) is 0. The fourth-order valence-electron chi connectivity index (χ4n) is 3.51. The minimum absolute atomic E-state index is 0.0906. The minimum Gasteiger partial charge on any atom is -0.326 e. The molecule has 1 fully saturated rings. The van der Waals surface area contributed by atoms with Crippen LogP contribution in [0.3, 0.4) is 0 Å². The number of nitrogens with zero attached hydrogens (tertiary/aromatic N) is 1. The molecule has 1 heterocycles. The lowest BCUT2D eigenvalue weighted by molar-refractivity contribution is 0.504. The van der Waals surface area contributed by atoms with Crippen molar-refractivity contribution in [3.63, 3.8) is 0 Å². The quantitative estimate of drug-likeness (QED) is 0.938. The minimum atomic E-state index is 0.0906. The van der Waals surface area contributed by atoms with Crippen molar-refractivity contribution >= 4 is 0 Å². The first-order chi connectivity index (χ1) is 10.6. The molecule has 22 heavy (non-hydrogen) atoms. The lowest BCUT2D eigenvalue weighted by Gasteiger charge is -2.21. The Balaban J connectivity index is 2.24. The van der Waals surface area contributed by atoms with Crippen molar-refractivity contribution in [2.75, 3.05) is 0 Å². The summed E-state index contributed by atoms with van der Waals surface area (Å²) in [4.78, 5) is 12.9. The molecule has 0 aliphatic heterocycles. The molecule has 3 heteroatoms. The van der Waals surface area contributed by atoms with E-state index in [1.165, 1.54) is 24.0 Å². The number of benzene rings is 1. The number of pyridine rings is 1. The number of hydrogen-bond donors (Lipinski definition) is 1. The van der Waals surface area contributed by atoms with Gasteiger partial charge in [0.05, 0.1) is 5.69 Å². The zero-order valence-electron chi connectivity index (χ0n) is 13.4. The molecule has 0 amide bonds. The van der Waals surface area contributed by atoms with E-state index < -0.39 is 0 Å². The highest BCUT2D eigenvalue weighted by Crippen LogP contribution is 2.33. The summed E-state index contributed by atoms with van der Waals surface area (Å²) in [6, 6.07) is 10.7. The van der Waals surface area contributed by atoms with Gasteiger partial charge in [-0.15, -0.1) is 0 Å². The maximum absolute atomic E-state index is 12.9. The highest BCUT2D eigenvalue weighted by atomic mass is 16.1. The molecule has 1 aliphatic carbocycles. The molecule has 0 spiro atoms. The average Bonchev–Trinajstić information content (AvgIpc) is 3.03. The Morgan fingerprint density at radius 3 is 2.55 bits per heavy atom. The highest BCUT2D eigenvalue weighted by molar-refractivity contribution is 5.65. The van der Waals surface area contributed by atoms with Gasteiger partial charge in [-0.1, -0.05) is 36.6 Å². The van der Waals surface area contributed by atoms with E-state index in [2.05, 4.69) is 38.1 Å². The maximum atomic E-state index is 12.9. The van der Waals surface area contributed by atoms with Gasteiger partial charge in [0, 0.05) is 23.7 Å². The van der Waals surface area contributed by atoms with E-state index in [4.69, 9.17) is 5.73 Å². The van der Waals surface area contributed by atoms with Crippen molar-refractivity contribution in [3.05, 3.63) is 57.4 Å². The van der Waals surface area contributed by atoms with Crippen molar-refractivity contribution in [1.82, 2.24) is 4.57 Å². The molecule has 1 aromatic heterocycles. The van der Waals surface area contributed by atoms with Gasteiger partial charge in [-0.2, -0.15) is 0 Å². The lowest BCUT2D eigenvalue weighted by atomic mass is 10.0. The molecule has 0 unspecified atom stereocenters. The van der Waals surface area contributed by atoms with Gasteiger partial charge in [0.15, 0.2) is 0 Å². The summed E-state index contributed by atoms with van der Waals surface area (Å²) in [6.45, 7) is 4.50. The molecule has 0 radical (unpaired) electrons. The summed E-state index contributed by atoms with van der Waals surface area (Å²) in [5.41, 5.74) is 11.2. The Labute approximate surface area is 131 Å². The molecule has 1 saturated carbocycles. The molecule has 2 N–H and O–H groups in total. The second kappa shape index (κ2) is 6.09. The Kier molecular flexibility index (Phi) is 4.16. The molecular weight excluding hydrogens is 272 g/mol. The van der Waals surface area contributed by atoms with Gasteiger partial charge in [-0.3, -0.25) is 4.79 Å². The second-order valence-electron chi connectivity index (χ2n) is 6.38. The average molecular weight is 296 g/mol. The van der Waals surface area contributed by atoms with Crippen LogP contribution in [-0.2, 0) is 6.54 Å². The van der Waals surface area contributed by atoms with Crippen LogP contribution in [0.4, 0.5) is 0 Å². The van der Waals surface area contributed by atoms with E-state index in [1.54, 1.807) is 0 Å². The number of aromatic nitrogens is 1. The van der Waals surface area contributed by atoms with Crippen molar-refractivity contribution < 1.29 is 0 Å². The van der Waals surface area contributed by atoms with Crippen LogP contribution < -0.4 is 11.3 Å². The molecule has 3 nitrogen and oxygen atoms in total. The Hall–Kier alpha value is -1.87. The molecule has 0 bridgehead atoms. The van der Waals surface area contributed by atoms with Gasteiger partial charge in [-0.05, 0) is 44.4 Å². The molecule has 3 rings (SSSR count). The molecular formula is C19H24N2O. The van der Waals surface area contributed by atoms with Gasteiger partial charge in [-0.25, -0.2) is 0 Å². The Morgan fingerprint density at radius 2 is 1.86 bits per heavy atom. The highest BCUT2D eigenvalue weighted by Gasteiger charge is 2.22. The smallest absolute Gasteiger partial charge is 0.255 e. The number of nitrogens with two attached hydrogens (primary N) is 1. The third kappa shape index (κ3) is 2.61. The van der Waals surface area contributed by atoms with Gasteiger partial charge < -0.3 is 10.3 Å². The van der Waals surface area contributed by atoms with Crippen LogP contribution in [0.25, 0.3) is 11.3 Å². The summed E-state index contributed by atoms with van der Waals surface area (Å²) >= 11 is 0. The predicted molar refractivity (Wildman–Crippen MR) is 91.0 cm³/mol. The second-order valence-corrected chi connectivity index (χ2v) is 6.38. The fourth-order valence-corrected chi connectivity index (χ4v) is 3.51. The van der Waals surface area contributed by atoms with Crippen LogP contribution in [0.2, 0.25) is 0 Å². The molecule has 1 aliphatic rings. The molecule has 1 aromatic carbocycles.